The number of azo groups is 4. The molecule has 1 fully saturated rings. The van der Waals surface area contributed by atoms with Crippen molar-refractivity contribution >= 4 is 97.9 Å². The van der Waals surface area contributed by atoms with E-state index in [-0.39, 0.29) is 0 Å². The van der Waals surface area contributed by atoms with E-state index in [0.717, 1.165) is 37.2 Å². The molecule has 0 radical (unpaired) electrons. The quantitative estimate of drug-likeness (QED) is 0.0895. The molecule has 0 saturated carbocycles. The van der Waals surface area contributed by atoms with Crippen molar-refractivity contribution in [3.05, 3.63) is 255 Å². The molecular weight excluding hydrogens is 1050 g/mol. The van der Waals surface area contributed by atoms with Crippen LogP contribution >= 0.6 is 0 Å². The first-order valence-electron chi connectivity index (χ1n) is 21.0. The Balaban J connectivity index is 0.000000846. The molecule has 12 heteroatoms. The third-order valence-electron chi connectivity index (χ3n) is 9.79. The molecule has 0 unspecified atom stereocenters. The van der Waals surface area contributed by atoms with Crippen molar-refractivity contribution in [2.75, 3.05) is 0 Å². The van der Waals surface area contributed by atoms with Gasteiger partial charge in [0.1, 0.15) is 0 Å². The third-order valence-corrected chi connectivity index (χ3v) is 37.2. The molecule has 1 heterocycles. The normalized spacial score (nSPS) is 18.8. The van der Waals surface area contributed by atoms with Crippen molar-refractivity contribution in [2.45, 2.75) is 0 Å². The maximum atomic E-state index is 7.98. The minimum absolute atomic E-state index is 0.642. The summed E-state index contributed by atoms with van der Waals surface area (Å²) in [6.45, 7) is 0. The van der Waals surface area contributed by atoms with E-state index in [1.807, 2.05) is 255 Å². The maximum absolute atomic E-state index is 7.98. The average molecular weight is 1090 g/mol. The Morgan fingerprint density at radius 3 is 0.606 bits per heavy atom. The number of rotatable bonds is 12. The van der Waals surface area contributed by atoms with Crippen LogP contribution in [0.4, 0.5) is 45.5 Å². The number of benzene rings is 9. The van der Waals surface area contributed by atoms with Crippen molar-refractivity contribution in [2.24, 2.45) is 40.9 Å². The fourth-order valence-corrected chi connectivity index (χ4v) is 40.4. The summed E-state index contributed by atoms with van der Waals surface area (Å²) in [6, 6.07) is 82.4. The summed E-state index contributed by atoms with van der Waals surface area (Å²) in [6.07, 6.45) is 0. The van der Waals surface area contributed by atoms with Gasteiger partial charge in [0.25, 0.3) is 0 Å². The molecular formula is C54H42N8O2Te2. The predicted molar refractivity (Wildman–Crippen MR) is 267 cm³/mol. The van der Waals surface area contributed by atoms with E-state index >= 15 is 0 Å². The number of hydrogen-bond acceptors (Lipinski definition) is 10. The van der Waals surface area contributed by atoms with Gasteiger partial charge in [0.15, 0.2) is 0 Å². The summed E-state index contributed by atoms with van der Waals surface area (Å²) in [5.41, 5.74) is 5.47. The number of nitrogens with zero attached hydrogens (tertiary/aromatic N) is 8. The van der Waals surface area contributed by atoms with Gasteiger partial charge < -0.3 is 0 Å². The Hall–Kier alpha value is -7.12. The largest absolute Gasteiger partial charge is 0.0623 e. The van der Waals surface area contributed by atoms with E-state index < -0.39 is 38.0 Å². The van der Waals surface area contributed by atoms with E-state index in [0.29, 0.717) is 22.7 Å². The van der Waals surface area contributed by atoms with Crippen LogP contribution in [0.25, 0.3) is 0 Å². The second-order valence-corrected chi connectivity index (χ2v) is 31.1. The van der Waals surface area contributed by atoms with Gasteiger partial charge in [0, 0.05) is 0 Å². The van der Waals surface area contributed by atoms with Gasteiger partial charge in [-0.2, -0.15) is 0 Å². The van der Waals surface area contributed by atoms with Crippen molar-refractivity contribution < 1.29 is 2.93 Å². The molecule has 0 aliphatic carbocycles. The van der Waals surface area contributed by atoms with Gasteiger partial charge in [0.2, 0.25) is 0 Å². The van der Waals surface area contributed by atoms with Gasteiger partial charge in [-0.25, -0.2) is 0 Å². The van der Waals surface area contributed by atoms with E-state index in [1.54, 1.807) is 0 Å². The van der Waals surface area contributed by atoms with Crippen LogP contribution in [0.5, 0.6) is 0 Å². The second kappa shape index (κ2) is 21.7. The van der Waals surface area contributed by atoms with Crippen molar-refractivity contribution in [1.29, 1.82) is 0 Å². The summed E-state index contributed by atoms with van der Waals surface area (Å²) in [5.74, 6) is 0. The topological polar surface area (TPSA) is 117 Å². The van der Waals surface area contributed by atoms with Crippen LogP contribution in [0, 0.1) is 0 Å². The first-order chi connectivity index (χ1) is 32.7. The zero-order chi connectivity index (χ0) is 44.7. The smallest absolute Gasteiger partial charge is 0.0623 e. The summed E-state index contributed by atoms with van der Waals surface area (Å²) in [5, 5.41) is 38.0. The fourth-order valence-electron chi connectivity index (χ4n) is 6.68. The summed E-state index contributed by atoms with van der Waals surface area (Å²) < 4.78 is 19.3. The van der Waals surface area contributed by atoms with Gasteiger partial charge in [-0.3, -0.25) is 0 Å². The molecule has 0 atom stereocenters. The van der Waals surface area contributed by atoms with Gasteiger partial charge >= 0.3 is 360 Å². The molecule has 9 aromatic carbocycles. The summed E-state index contributed by atoms with van der Waals surface area (Å²) in [4.78, 5) is 0. The molecule has 0 spiro atoms. The first-order valence-corrected chi connectivity index (χ1v) is 29.5. The molecule has 1 aliphatic rings. The van der Waals surface area contributed by atoms with Crippen LogP contribution in [0.2, 0.25) is 0 Å². The first kappa shape index (κ1) is 44.1. The molecule has 0 bridgehead atoms. The van der Waals surface area contributed by atoms with E-state index in [1.165, 1.54) is 0 Å². The van der Waals surface area contributed by atoms with Gasteiger partial charge in [-0.05, 0) is 0 Å². The SMILES string of the molecule is c1ccc(N=Nc2ccccc2[Te]2(c3ccccc3N=Nc3ccccc3)O[Te](c3ccccc3N=Nc3ccccc3)(c3ccccc3N=Nc3ccccc3)O2)cc1.c1ccccc1. The Kier molecular flexibility index (Phi) is 14.5. The van der Waals surface area contributed by atoms with Gasteiger partial charge in [0.05, 0.1) is 0 Å². The van der Waals surface area contributed by atoms with E-state index in [2.05, 4.69) is 20.5 Å². The molecule has 0 amide bonds. The van der Waals surface area contributed by atoms with E-state index in [9.17, 15) is 0 Å². The zero-order valence-electron chi connectivity index (χ0n) is 35.5. The molecule has 322 valence electrons. The maximum Gasteiger partial charge on any atom is -0.0623 e. The van der Waals surface area contributed by atoms with Crippen LogP contribution in [-0.4, -0.2) is 38.0 Å². The van der Waals surface area contributed by atoms with Crippen molar-refractivity contribution in [3.63, 3.8) is 0 Å². The molecule has 10 nitrogen and oxygen atoms in total. The Labute approximate surface area is 393 Å². The molecule has 1 saturated heterocycles. The minimum Gasteiger partial charge on any atom is -0.0623 e. The van der Waals surface area contributed by atoms with Crippen LogP contribution in [0.15, 0.2) is 296 Å². The van der Waals surface area contributed by atoms with Crippen LogP contribution in [-0.2, 0) is 2.93 Å². The fraction of sp³-hybridized carbons (Fsp3) is 0. The predicted octanol–water partition coefficient (Wildman–Crippen LogP) is 13.9. The van der Waals surface area contributed by atoms with Crippen LogP contribution < -0.4 is 14.4 Å². The molecule has 1 aliphatic heterocycles. The number of hydrogen-bond donors (Lipinski definition) is 0. The average Bonchev–Trinajstić information content (AvgIpc) is 3.39. The van der Waals surface area contributed by atoms with Gasteiger partial charge in [-0.15, -0.1) is 0 Å². The Bertz CT molecular complexity index is 2690. The molecule has 9 aromatic rings. The van der Waals surface area contributed by atoms with Crippen LogP contribution in [0.3, 0.4) is 0 Å². The zero-order valence-corrected chi connectivity index (χ0v) is 40.1. The summed E-state index contributed by atoms with van der Waals surface area (Å²) in [7, 11) is 0. The van der Waals surface area contributed by atoms with Crippen molar-refractivity contribution in [3.8, 4) is 0 Å². The molecule has 0 N–H and O–H groups in total. The summed E-state index contributed by atoms with van der Waals surface area (Å²) >= 11 is -9.13. The standard InChI is InChI=1S/C48H36N8O2Te2.C6H6/c1-5-21-37(22-6-1)49-53-41-29-13-17-33-45(41)59(46-34-18-14-30-42(46)54-50-38-23-7-2-8-24-38)57-60(58-59,47-35-19-15-31-43(47)55-51-39-25-9-3-10-26-39)48-36-20-16-32-44(48)56-52-40-27-11-4-12-28-40;1-2-4-6-5-3-1/h1-36H;1-6H. The molecule has 10 rings (SSSR count). The van der Waals surface area contributed by atoms with Crippen molar-refractivity contribution in [1.82, 2.24) is 0 Å². The molecule has 0 aromatic heterocycles. The second-order valence-electron chi connectivity index (χ2n) is 14.3. The van der Waals surface area contributed by atoms with E-state index in [4.69, 9.17) is 23.4 Å². The third kappa shape index (κ3) is 10.4. The minimum atomic E-state index is -4.56. The van der Waals surface area contributed by atoms with Gasteiger partial charge in [-0.1, -0.05) is 36.4 Å². The monoisotopic (exact) mass is 1090 g/mol. The Morgan fingerprint density at radius 2 is 0.379 bits per heavy atom. The van der Waals surface area contributed by atoms with Crippen LogP contribution in [0.1, 0.15) is 0 Å². The Morgan fingerprint density at radius 1 is 0.197 bits per heavy atom. The molecule has 66 heavy (non-hydrogen) atoms.